The van der Waals surface area contributed by atoms with Crippen LogP contribution in [0.4, 0.5) is 0 Å². The van der Waals surface area contributed by atoms with E-state index in [1.807, 2.05) is 42.5 Å². The van der Waals surface area contributed by atoms with Crippen LogP contribution in [-0.4, -0.2) is 46.9 Å². The molecule has 0 aliphatic carbocycles. The van der Waals surface area contributed by atoms with Gasteiger partial charge in [-0.05, 0) is 42.0 Å². The largest absolute Gasteiger partial charge is 0.467 e. The second kappa shape index (κ2) is 15.1. The van der Waals surface area contributed by atoms with E-state index in [2.05, 4.69) is 31.9 Å². The summed E-state index contributed by atoms with van der Waals surface area (Å²) < 4.78 is 32.0. The molecule has 0 radical (unpaired) electrons. The maximum atomic E-state index is 12.2. The summed E-state index contributed by atoms with van der Waals surface area (Å²) in [5, 5.41) is 0. The van der Waals surface area contributed by atoms with Gasteiger partial charge in [0.2, 0.25) is 0 Å². The van der Waals surface area contributed by atoms with Crippen LogP contribution in [0.15, 0.2) is 68.4 Å². The second-order valence-electron chi connectivity index (χ2n) is 7.57. The molecule has 0 fully saturated rings. The lowest BCUT2D eigenvalue weighted by Gasteiger charge is -2.15. The minimum atomic E-state index is -0.430. The van der Waals surface area contributed by atoms with Gasteiger partial charge < -0.3 is 28.4 Å². The van der Waals surface area contributed by atoms with Crippen molar-refractivity contribution in [3.63, 3.8) is 0 Å². The van der Waals surface area contributed by atoms with E-state index >= 15 is 0 Å². The summed E-state index contributed by atoms with van der Waals surface area (Å²) in [5.41, 5.74) is 2.57. The first kappa shape index (κ1) is 30.0. The van der Waals surface area contributed by atoms with Crippen molar-refractivity contribution in [3.8, 4) is 11.5 Å². The molecular formula is C27H26Br2O8S. The smallest absolute Gasteiger partial charge is 0.342 e. The molecule has 0 amide bonds. The highest BCUT2D eigenvalue weighted by molar-refractivity contribution is 9.10. The number of cyclic esters (lactones) is 1. The van der Waals surface area contributed by atoms with E-state index in [1.54, 1.807) is 23.9 Å². The Kier molecular flexibility index (Phi) is 11.9. The number of esters is 2. The van der Waals surface area contributed by atoms with Crippen LogP contribution in [0.25, 0.3) is 0 Å². The second-order valence-corrected chi connectivity index (χ2v) is 10.3. The molecule has 1 heterocycles. The van der Waals surface area contributed by atoms with Gasteiger partial charge in [-0.15, -0.1) is 11.8 Å². The third-order valence-corrected chi connectivity index (χ3v) is 7.69. The number of carbonyl (C=O) groups is 2. The van der Waals surface area contributed by atoms with Crippen molar-refractivity contribution in [3.05, 3.63) is 85.8 Å². The molecule has 0 saturated carbocycles. The Balaban J connectivity index is 0.000000230. The van der Waals surface area contributed by atoms with Gasteiger partial charge in [0.25, 0.3) is 0 Å². The van der Waals surface area contributed by atoms with Crippen LogP contribution < -0.4 is 9.47 Å². The van der Waals surface area contributed by atoms with Crippen molar-refractivity contribution >= 4 is 55.6 Å². The molecule has 1 aliphatic rings. The van der Waals surface area contributed by atoms with E-state index in [9.17, 15) is 9.59 Å². The molecule has 0 unspecified atom stereocenters. The van der Waals surface area contributed by atoms with Crippen molar-refractivity contribution in [1.82, 2.24) is 0 Å². The van der Waals surface area contributed by atoms with E-state index < -0.39 is 5.97 Å². The van der Waals surface area contributed by atoms with E-state index in [0.29, 0.717) is 35.0 Å². The Morgan fingerprint density at radius 3 is 2.18 bits per heavy atom. The first-order valence-corrected chi connectivity index (χ1v) is 13.8. The normalized spacial score (nSPS) is 11.7. The van der Waals surface area contributed by atoms with Gasteiger partial charge in [0.15, 0.2) is 13.6 Å². The number of rotatable bonds is 10. The molecule has 3 aromatic rings. The van der Waals surface area contributed by atoms with E-state index in [0.717, 1.165) is 25.0 Å². The van der Waals surface area contributed by atoms with Crippen LogP contribution in [-0.2, 0) is 31.3 Å². The lowest BCUT2D eigenvalue weighted by Crippen LogP contribution is -2.11. The highest BCUT2D eigenvalue weighted by atomic mass is 79.9. The molecule has 8 nitrogen and oxygen atoms in total. The molecular weight excluding hydrogens is 644 g/mol. The van der Waals surface area contributed by atoms with Gasteiger partial charge in [0.1, 0.15) is 29.2 Å². The predicted molar refractivity (Wildman–Crippen MR) is 150 cm³/mol. The van der Waals surface area contributed by atoms with Crippen molar-refractivity contribution in [2.75, 3.05) is 34.9 Å². The van der Waals surface area contributed by atoms with Gasteiger partial charge in [-0.1, -0.05) is 50.1 Å². The number of ether oxygens (including phenoxy) is 6. The van der Waals surface area contributed by atoms with Crippen molar-refractivity contribution in [2.45, 2.75) is 17.3 Å². The fourth-order valence-corrected chi connectivity index (χ4v) is 5.46. The van der Waals surface area contributed by atoms with Crippen LogP contribution in [0, 0.1) is 0 Å². The molecule has 0 atom stereocenters. The molecule has 1 aliphatic heterocycles. The monoisotopic (exact) mass is 668 g/mol. The Labute approximate surface area is 242 Å². The standard InChI is InChI=1S/C17H17BrO4S.C10H9BrO4/c1-20-11-22-15-9-8-14(18)13(16(15)17(19)21-2)10-23-12-6-4-3-5-7-12;1-13-5-15-8-3-2-7(11)6-4-14-10(12)9(6)8/h3-9H,10-11H2,1-2H3;2-3H,4-5H2,1H3. The van der Waals surface area contributed by atoms with Crippen molar-refractivity contribution in [2.24, 2.45) is 0 Å². The topological polar surface area (TPSA) is 89.5 Å². The zero-order valence-corrected chi connectivity index (χ0v) is 24.9. The number of carbonyl (C=O) groups excluding carboxylic acids is 2. The molecule has 4 rings (SSSR count). The molecule has 38 heavy (non-hydrogen) atoms. The van der Waals surface area contributed by atoms with Crippen LogP contribution in [0.2, 0.25) is 0 Å². The van der Waals surface area contributed by atoms with Crippen molar-refractivity contribution < 1.29 is 38.0 Å². The Hall–Kier alpha value is -2.57. The van der Waals surface area contributed by atoms with Crippen LogP contribution in [0.5, 0.6) is 11.5 Å². The fourth-order valence-electron chi connectivity index (χ4n) is 3.40. The first-order chi connectivity index (χ1) is 18.4. The molecule has 11 heteroatoms. The molecule has 202 valence electrons. The van der Waals surface area contributed by atoms with Gasteiger partial charge in [0, 0.05) is 39.4 Å². The number of hydrogen-bond donors (Lipinski definition) is 0. The third kappa shape index (κ3) is 7.73. The maximum absolute atomic E-state index is 12.2. The van der Waals surface area contributed by atoms with Gasteiger partial charge in [-0.25, -0.2) is 9.59 Å². The minimum absolute atomic E-state index is 0.0664. The SMILES string of the molecule is COCOc1ccc(Br)c(CSc2ccccc2)c1C(=O)OC.COCOc1ccc(Br)c2c1C(=O)OC2. The molecule has 0 N–H and O–H groups in total. The number of thioether (sulfide) groups is 1. The van der Waals surface area contributed by atoms with E-state index in [4.69, 9.17) is 28.4 Å². The highest BCUT2D eigenvalue weighted by Crippen LogP contribution is 2.35. The van der Waals surface area contributed by atoms with E-state index in [-0.39, 0.29) is 19.6 Å². The van der Waals surface area contributed by atoms with Crippen molar-refractivity contribution in [1.29, 1.82) is 0 Å². The van der Waals surface area contributed by atoms with Gasteiger partial charge in [-0.3, -0.25) is 0 Å². The van der Waals surface area contributed by atoms with Gasteiger partial charge >= 0.3 is 11.9 Å². The average Bonchev–Trinajstić information content (AvgIpc) is 3.34. The van der Waals surface area contributed by atoms with Gasteiger partial charge in [0.05, 0.1) is 7.11 Å². The highest BCUT2D eigenvalue weighted by Gasteiger charge is 2.28. The Morgan fingerprint density at radius 2 is 1.53 bits per heavy atom. The summed E-state index contributed by atoms with van der Waals surface area (Å²) in [6.45, 7) is 0.469. The zero-order chi connectivity index (χ0) is 27.5. The van der Waals surface area contributed by atoms with Crippen LogP contribution >= 0.6 is 43.6 Å². The van der Waals surface area contributed by atoms with Gasteiger partial charge in [-0.2, -0.15) is 0 Å². The number of methoxy groups -OCH3 is 3. The summed E-state index contributed by atoms with van der Waals surface area (Å²) in [6.07, 6.45) is 0. The third-order valence-electron chi connectivity index (χ3n) is 5.17. The fraction of sp³-hybridized carbons (Fsp3) is 0.259. The minimum Gasteiger partial charge on any atom is -0.467 e. The summed E-state index contributed by atoms with van der Waals surface area (Å²) in [5.74, 6) is 0.778. The van der Waals surface area contributed by atoms with Crippen LogP contribution in [0.1, 0.15) is 31.8 Å². The number of benzene rings is 3. The maximum Gasteiger partial charge on any atom is 0.342 e. The molecule has 0 spiro atoms. The molecule has 3 aromatic carbocycles. The zero-order valence-electron chi connectivity index (χ0n) is 21.0. The average molecular weight is 670 g/mol. The predicted octanol–water partition coefficient (Wildman–Crippen LogP) is 6.61. The quantitative estimate of drug-likeness (QED) is 0.134. The number of halogens is 2. The number of hydrogen-bond acceptors (Lipinski definition) is 9. The summed E-state index contributed by atoms with van der Waals surface area (Å²) in [6, 6.07) is 17.1. The summed E-state index contributed by atoms with van der Waals surface area (Å²) in [4.78, 5) is 24.8. The molecule has 0 saturated heterocycles. The lowest BCUT2D eigenvalue weighted by molar-refractivity contribution is 0.0454. The molecule has 0 bridgehead atoms. The number of fused-ring (bicyclic) bond motifs is 1. The Morgan fingerprint density at radius 1 is 0.895 bits per heavy atom. The molecule has 0 aromatic heterocycles. The van der Waals surface area contributed by atoms with Crippen LogP contribution in [0.3, 0.4) is 0 Å². The lowest BCUT2D eigenvalue weighted by atomic mass is 10.1. The Bertz CT molecular complexity index is 1250. The summed E-state index contributed by atoms with van der Waals surface area (Å²) >= 11 is 8.51. The first-order valence-electron chi connectivity index (χ1n) is 11.2. The summed E-state index contributed by atoms with van der Waals surface area (Å²) in [7, 11) is 4.41. The van der Waals surface area contributed by atoms with E-state index in [1.165, 1.54) is 21.3 Å².